The first-order valence-corrected chi connectivity index (χ1v) is 8.98. The molecular formula is C21H14BrFN2O3. The number of nitrogens with zero attached hydrogens (tertiary/aromatic N) is 1. The van der Waals surface area contributed by atoms with Gasteiger partial charge in [-0.1, -0.05) is 46.3 Å². The van der Waals surface area contributed by atoms with Crippen LogP contribution in [0.4, 0.5) is 4.39 Å². The molecule has 3 rings (SSSR count). The lowest BCUT2D eigenvalue weighted by molar-refractivity contribution is 0.0734. The molecule has 5 nitrogen and oxygen atoms in total. The van der Waals surface area contributed by atoms with Crippen LogP contribution >= 0.6 is 15.9 Å². The van der Waals surface area contributed by atoms with E-state index in [-0.39, 0.29) is 11.3 Å². The van der Waals surface area contributed by atoms with E-state index in [1.807, 2.05) is 0 Å². The molecule has 0 aliphatic carbocycles. The lowest BCUT2D eigenvalue weighted by Crippen LogP contribution is -2.19. The molecule has 0 aliphatic rings. The molecule has 0 saturated carbocycles. The van der Waals surface area contributed by atoms with E-state index in [9.17, 15) is 14.0 Å². The number of halogens is 2. The van der Waals surface area contributed by atoms with Gasteiger partial charge in [-0.2, -0.15) is 5.10 Å². The highest BCUT2D eigenvalue weighted by Gasteiger charge is 2.12. The first-order valence-electron chi connectivity index (χ1n) is 8.19. The first kappa shape index (κ1) is 19.4. The molecule has 3 aromatic rings. The van der Waals surface area contributed by atoms with Gasteiger partial charge in [-0.3, -0.25) is 4.79 Å². The Morgan fingerprint density at radius 1 is 1.00 bits per heavy atom. The summed E-state index contributed by atoms with van der Waals surface area (Å²) in [6.45, 7) is 0. The van der Waals surface area contributed by atoms with Gasteiger partial charge in [0.15, 0.2) is 0 Å². The second-order valence-electron chi connectivity index (χ2n) is 5.62. The van der Waals surface area contributed by atoms with Crippen LogP contribution < -0.4 is 10.2 Å². The molecule has 1 amide bonds. The van der Waals surface area contributed by atoms with Crippen LogP contribution in [0.5, 0.6) is 5.75 Å². The van der Waals surface area contributed by atoms with E-state index in [0.717, 1.165) is 4.47 Å². The second-order valence-corrected chi connectivity index (χ2v) is 6.53. The van der Waals surface area contributed by atoms with Crippen LogP contribution in [0.1, 0.15) is 26.3 Å². The molecule has 0 heterocycles. The quantitative estimate of drug-likeness (QED) is 0.273. The number of esters is 1. The Morgan fingerprint density at radius 3 is 2.46 bits per heavy atom. The van der Waals surface area contributed by atoms with E-state index in [1.54, 1.807) is 54.6 Å². The summed E-state index contributed by atoms with van der Waals surface area (Å²) in [6.07, 6.45) is 1.32. The number of hydrazone groups is 1. The van der Waals surface area contributed by atoms with Gasteiger partial charge in [0, 0.05) is 10.0 Å². The summed E-state index contributed by atoms with van der Waals surface area (Å²) in [5, 5.41) is 3.84. The smallest absolute Gasteiger partial charge is 0.343 e. The Kier molecular flexibility index (Phi) is 6.29. The first-order chi connectivity index (χ1) is 13.5. The number of ether oxygens (including phenoxy) is 1. The minimum absolute atomic E-state index is 0.121. The van der Waals surface area contributed by atoms with Crippen molar-refractivity contribution in [2.75, 3.05) is 0 Å². The average Bonchev–Trinajstić information content (AvgIpc) is 2.70. The van der Waals surface area contributed by atoms with Crippen LogP contribution in [0.3, 0.4) is 0 Å². The maximum Gasteiger partial charge on any atom is 0.343 e. The van der Waals surface area contributed by atoms with Crippen LogP contribution in [-0.2, 0) is 0 Å². The number of benzene rings is 3. The largest absolute Gasteiger partial charge is 0.422 e. The lowest BCUT2D eigenvalue weighted by Gasteiger charge is -2.08. The lowest BCUT2D eigenvalue weighted by atomic mass is 10.2. The Hall–Kier alpha value is -3.32. The van der Waals surface area contributed by atoms with Crippen molar-refractivity contribution in [3.63, 3.8) is 0 Å². The standard InChI is InChI=1S/C21H14BrFN2O3/c22-16-10-11-19(28-21(27)14-6-2-1-3-7-14)15(12-16)13-24-25-20(26)17-8-4-5-9-18(17)23/h1-13H,(H,25,26)/b24-13-. The predicted octanol–water partition coefficient (Wildman–Crippen LogP) is 4.57. The predicted molar refractivity (Wildman–Crippen MR) is 107 cm³/mol. The number of rotatable bonds is 5. The van der Waals surface area contributed by atoms with Gasteiger partial charge in [0.05, 0.1) is 17.3 Å². The van der Waals surface area contributed by atoms with Gasteiger partial charge >= 0.3 is 5.97 Å². The fourth-order valence-electron chi connectivity index (χ4n) is 2.31. The Labute approximate surface area is 169 Å². The molecular weight excluding hydrogens is 427 g/mol. The molecule has 3 aromatic carbocycles. The number of carbonyl (C=O) groups excluding carboxylic acids is 2. The van der Waals surface area contributed by atoms with E-state index in [1.165, 1.54) is 24.4 Å². The second kappa shape index (κ2) is 9.05. The molecule has 0 saturated heterocycles. The monoisotopic (exact) mass is 440 g/mol. The molecule has 0 aliphatic heterocycles. The molecule has 0 spiro atoms. The van der Waals surface area contributed by atoms with Crippen molar-refractivity contribution in [2.45, 2.75) is 0 Å². The number of hydrogen-bond donors (Lipinski definition) is 1. The maximum absolute atomic E-state index is 13.6. The van der Waals surface area contributed by atoms with Gasteiger partial charge in [0.1, 0.15) is 11.6 Å². The van der Waals surface area contributed by atoms with Gasteiger partial charge in [-0.05, 0) is 42.5 Å². The minimum Gasteiger partial charge on any atom is -0.422 e. The summed E-state index contributed by atoms with van der Waals surface area (Å²) in [5.74, 6) is -1.59. The topological polar surface area (TPSA) is 67.8 Å². The molecule has 7 heteroatoms. The summed E-state index contributed by atoms with van der Waals surface area (Å²) in [6, 6.07) is 19.1. The third kappa shape index (κ3) is 4.89. The van der Waals surface area contributed by atoms with Crippen LogP contribution in [0.15, 0.2) is 82.4 Å². The van der Waals surface area contributed by atoms with Gasteiger partial charge in [-0.15, -0.1) is 0 Å². The zero-order chi connectivity index (χ0) is 19.9. The van der Waals surface area contributed by atoms with Crippen molar-refractivity contribution in [1.29, 1.82) is 0 Å². The van der Waals surface area contributed by atoms with Crippen LogP contribution in [-0.4, -0.2) is 18.1 Å². The summed E-state index contributed by atoms with van der Waals surface area (Å²) in [7, 11) is 0. The molecule has 0 atom stereocenters. The van der Waals surface area contributed by atoms with Crippen molar-refractivity contribution in [3.05, 3.63) is 99.8 Å². The van der Waals surface area contributed by atoms with Crippen LogP contribution in [0.2, 0.25) is 0 Å². The molecule has 1 N–H and O–H groups in total. The van der Waals surface area contributed by atoms with Gasteiger partial charge in [0.25, 0.3) is 5.91 Å². The molecule has 0 fully saturated rings. The highest BCUT2D eigenvalue weighted by molar-refractivity contribution is 9.10. The Bertz CT molecular complexity index is 1040. The molecule has 0 radical (unpaired) electrons. The van der Waals surface area contributed by atoms with Crippen LogP contribution in [0, 0.1) is 5.82 Å². The van der Waals surface area contributed by atoms with Crippen molar-refractivity contribution >= 4 is 34.0 Å². The SMILES string of the molecule is O=C(Oc1ccc(Br)cc1/C=N\NC(=O)c1ccccc1F)c1ccccc1. The zero-order valence-corrected chi connectivity index (χ0v) is 16.0. The highest BCUT2D eigenvalue weighted by atomic mass is 79.9. The van der Waals surface area contributed by atoms with Gasteiger partial charge in [-0.25, -0.2) is 14.6 Å². The van der Waals surface area contributed by atoms with Crippen molar-refractivity contribution in [1.82, 2.24) is 5.43 Å². The van der Waals surface area contributed by atoms with Crippen molar-refractivity contribution < 1.29 is 18.7 Å². The molecule has 0 bridgehead atoms. The molecule has 0 aromatic heterocycles. The molecule has 140 valence electrons. The maximum atomic E-state index is 13.6. The van der Waals surface area contributed by atoms with Crippen molar-refractivity contribution in [2.24, 2.45) is 5.10 Å². The zero-order valence-electron chi connectivity index (χ0n) is 14.4. The molecule has 0 unspecified atom stereocenters. The van der Waals surface area contributed by atoms with Crippen LogP contribution in [0.25, 0.3) is 0 Å². The fraction of sp³-hybridized carbons (Fsp3) is 0. The third-order valence-electron chi connectivity index (χ3n) is 3.67. The number of hydrogen-bond acceptors (Lipinski definition) is 4. The minimum atomic E-state index is -0.688. The summed E-state index contributed by atoms with van der Waals surface area (Å²) in [5.41, 5.74) is 2.99. The third-order valence-corrected chi connectivity index (χ3v) is 4.17. The van der Waals surface area contributed by atoms with E-state index < -0.39 is 17.7 Å². The number of amides is 1. The van der Waals surface area contributed by atoms with E-state index in [4.69, 9.17) is 4.74 Å². The van der Waals surface area contributed by atoms with E-state index >= 15 is 0 Å². The summed E-state index contributed by atoms with van der Waals surface area (Å²) in [4.78, 5) is 24.3. The number of nitrogens with one attached hydrogen (secondary N) is 1. The number of carbonyl (C=O) groups is 2. The van der Waals surface area contributed by atoms with E-state index in [0.29, 0.717) is 11.1 Å². The van der Waals surface area contributed by atoms with Gasteiger partial charge in [0.2, 0.25) is 0 Å². The Balaban J connectivity index is 1.75. The normalized spacial score (nSPS) is 10.6. The summed E-state index contributed by atoms with van der Waals surface area (Å²) < 4.78 is 19.8. The Morgan fingerprint density at radius 2 is 1.71 bits per heavy atom. The highest BCUT2D eigenvalue weighted by Crippen LogP contribution is 2.23. The molecule has 28 heavy (non-hydrogen) atoms. The fourth-order valence-corrected chi connectivity index (χ4v) is 2.69. The van der Waals surface area contributed by atoms with E-state index in [2.05, 4.69) is 26.5 Å². The summed E-state index contributed by atoms with van der Waals surface area (Å²) >= 11 is 3.34. The van der Waals surface area contributed by atoms with Gasteiger partial charge < -0.3 is 4.74 Å². The average molecular weight is 441 g/mol. The van der Waals surface area contributed by atoms with Crippen molar-refractivity contribution in [3.8, 4) is 5.75 Å².